The minimum absolute atomic E-state index is 0.561. The smallest absolute Gasteiger partial charge is 0.121 e. The first-order valence-electron chi connectivity index (χ1n) is 7.26. The molecule has 1 saturated heterocycles. The summed E-state index contributed by atoms with van der Waals surface area (Å²) in [6.45, 7) is 7.44. The fourth-order valence-corrected chi connectivity index (χ4v) is 3.41. The average molecular weight is 279 g/mol. The van der Waals surface area contributed by atoms with Gasteiger partial charge in [0.15, 0.2) is 0 Å². The molecular weight excluding hydrogens is 254 g/mol. The molecule has 1 fully saturated rings. The van der Waals surface area contributed by atoms with E-state index in [1.54, 1.807) is 0 Å². The molecule has 2 atom stereocenters. The van der Waals surface area contributed by atoms with E-state index >= 15 is 0 Å². The zero-order chi connectivity index (χ0) is 13.7. The molecule has 2 unspecified atom stereocenters. The van der Waals surface area contributed by atoms with Crippen molar-refractivity contribution in [3.05, 3.63) is 24.3 Å². The van der Waals surface area contributed by atoms with Crippen molar-refractivity contribution in [1.82, 2.24) is 0 Å². The van der Waals surface area contributed by atoms with Crippen molar-refractivity contribution < 1.29 is 4.74 Å². The maximum atomic E-state index is 5.78. The van der Waals surface area contributed by atoms with Gasteiger partial charge in [0.25, 0.3) is 0 Å². The summed E-state index contributed by atoms with van der Waals surface area (Å²) in [6, 6.07) is 8.94. The third-order valence-electron chi connectivity index (χ3n) is 3.38. The van der Waals surface area contributed by atoms with Gasteiger partial charge < -0.3 is 10.1 Å². The molecule has 1 aliphatic rings. The Morgan fingerprint density at radius 1 is 1.42 bits per heavy atom. The van der Waals surface area contributed by atoms with E-state index in [0.717, 1.165) is 12.4 Å². The van der Waals surface area contributed by atoms with Gasteiger partial charge in [0.05, 0.1) is 6.61 Å². The molecule has 0 saturated carbocycles. The van der Waals surface area contributed by atoms with Crippen LogP contribution in [0, 0.1) is 5.92 Å². The second-order valence-electron chi connectivity index (χ2n) is 5.70. The molecule has 2 nitrogen and oxygen atoms in total. The van der Waals surface area contributed by atoms with Crippen molar-refractivity contribution in [2.75, 3.05) is 17.7 Å². The Morgan fingerprint density at radius 2 is 2.26 bits per heavy atom. The lowest BCUT2D eigenvalue weighted by molar-refractivity contribution is 0.271. The van der Waals surface area contributed by atoms with Gasteiger partial charge >= 0.3 is 0 Å². The fraction of sp³-hybridized carbons (Fsp3) is 0.625. The van der Waals surface area contributed by atoms with Crippen molar-refractivity contribution in [3.63, 3.8) is 0 Å². The molecule has 0 bridgehead atoms. The molecule has 0 spiro atoms. The highest BCUT2D eigenvalue weighted by Gasteiger charge is 2.21. The van der Waals surface area contributed by atoms with Crippen LogP contribution in [-0.2, 0) is 0 Å². The molecule has 19 heavy (non-hydrogen) atoms. The summed E-state index contributed by atoms with van der Waals surface area (Å²) in [5, 5.41) is 4.35. The van der Waals surface area contributed by atoms with Gasteiger partial charge in [-0.15, -0.1) is 0 Å². The molecule has 0 amide bonds. The van der Waals surface area contributed by atoms with E-state index in [2.05, 4.69) is 56.0 Å². The minimum Gasteiger partial charge on any atom is -0.493 e. The first-order valence-corrected chi connectivity index (χ1v) is 8.31. The lowest BCUT2D eigenvalue weighted by Gasteiger charge is -2.30. The third-order valence-corrected chi connectivity index (χ3v) is 4.75. The quantitative estimate of drug-likeness (QED) is 0.862. The summed E-state index contributed by atoms with van der Waals surface area (Å²) in [6.07, 6.45) is 2.58. The molecule has 1 N–H and O–H groups in total. The predicted octanol–water partition coefficient (Wildman–Crippen LogP) is 4.42. The van der Waals surface area contributed by atoms with Crippen LogP contribution in [0.5, 0.6) is 5.75 Å². The van der Waals surface area contributed by atoms with E-state index < -0.39 is 0 Å². The standard InChI is InChI=1S/C16H25NOS/c1-12(2)11-18-15-7-4-6-14(10-15)17-16-8-5-9-19-13(16)3/h4,6-7,10,12-13,16-17H,5,8-9,11H2,1-3H3. The van der Waals surface area contributed by atoms with E-state index in [9.17, 15) is 0 Å². The van der Waals surface area contributed by atoms with Crippen LogP contribution in [0.3, 0.4) is 0 Å². The zero-order valence-corrected chi connectivity index (χ0v) is 13.0. The molecule has 1 heterocycles. The van der Waals surface area contributed by atoms with Crippen molar-refractivity contribution >= 4 is 17.4 Å². The van der Waals surface area contributed by atoms with Gasteiger partial charge in [-0.1, -0.05) is 26.8 Å². The molecule has 0 aromatic heterocycles. The SMILES string of the molecule is CC(C)COc1cccc(NC2CCCSC2C)c1. The van der Waals surface area contributed by atoms with Crippen LogP contribution in [0.2, 0.25) is 0 Å². The third kappa shape index (κ3) is 4.64. The summed E-state index contributed by atoms with van der Waals surface area (Å²) in [7, 11) is 0. The summed E-state index contributed by atoms with van der Waals surface area (Å²) in [4.78, 5) is 0. The summed E-state index contributed by atoms with van der Waals surface area (Å²) < 4.78 is 5.78. The van der Waals surface area contributed by atoms with Crippen LogP contribution < -0.4 is 10.1 Å². The van der Waals surface area contributed by atoms with Crippen LogP contribution in [0.4, 0.5) is 5.69 Å². The van der Waals surface area contributed by atoms with E-state index in [1.807, 2.05) is 6.07 Å². The van der Waals surface area contributed by atoms with Gasteiger partial charge in [-0.05, 0) is 36.6 Å². The predicted molar refractivity (Wildman–Crippen MR) is 85.3 cm³/mol. The average Bonchev–Trinajstić information content (AvgIpc) is 2.40. The number of rotatable bonds is 5. The van der Waals surface area contributed by atoms with E-state index in [-0.39, 0.29) is 0 Å². The maximum absolute atomic E-state index is 5.78. The van der Waals surface area contributed by atoms with Gasteiger partial charge in [-0.25, -0.2) is 0 Å². The molecule has 3 heteroatoms. The Balaban J connectivity index is 1.94. The van der Waals surface area contributed by atoms with Crippen molar-refractivity contribution in [1.29, 1.82) is 0 Å². The summed E-state index contributed by atoms with van der Waals surface area (Å²) >= 11 is 2.07. The highest BCUT2D eigenvalue weighted by molar-refractivity contribution is 8.00. The second kappa shape index (κ2) is 7.09. The van der Waals surface area contributed by atoms with Gasteiger partial charge in [0, 0.05) is 23.0 Å². The van der Waals surface area contributed by atoms with E-state index in [0.29, 0.717) is 17.2 Å². The Bertz CT molecular complexity index is 394. The lowest BCUT2D eigenvalue weighted by atomic mass is 10.1. The lowest BCUT2D eigenvalue weighted by Crippen LogP contribution is -2.32. The van der Waals surface area contributed by atoms with Crippen molar-refractivity contribution in [2.24, 2.45) is 5.92 Å². The Morgan fingerprint density at radius 3 is 3.00 bits per heavy atom. The second-order valence-corrected chi connectivity index (χ2v) is 7.19. The molecule has 2 rings (SSSR count). The first kappa shape index (κ1) is 14.6. The number of hydrogen-bond acceptors (Lipinski definition) is 3. The zero-order valence-electron chi connectivity index (χ0n) is 12.2. The molecule has 1 aromatic rings. The molecular formula is C16H25NOS. The van der Waals surface area contributed by atoms with Crippen LogP contribution in [0.1, 0.15) is 33.6 Å². The highest BCUT2D eigenvalue weighted by atomic mass is 32.2. The fourth-order valence-electron chi connectivity index (χ4n) is 2.27. The maximum Gasteiger partial charge on any atom is 0.121 e. The number of nitrogens with one attached hydrogen (secondary N) is 1. The Labute approximate surface area is 121 Å². The Hall–Kier alpha value is -0.830. The number of ether oxygens (including phenoxy) is 1. The summed E-state index contributed by atoms with van der Waals surface area (Å²) in [5.74, 6) is 2.83. The molecule has 1 aliphatic heterocycles. The van der Waals surface area contributed by atoms with Gasteiger partial charge in [-0.2, -0.15) is 11.8 Å². The van der Waals surface area contributed by atoms with E-state index in [1.165, 1.54) is 24.3 Å². The number of benzene rings is 1. The summed E-state index contributed by atoms with van der Waals surface area (Å²) in [5.41, 5.74) is 1.18. The van der Waals surface area contributed by atoms with Gasteiger partial charge in [0.2, 0.25) is 0 Å². The van der Waals surface area contributed by atoms with Crippen LogP contribution >= 0.6 is 11.8 Å². The molecule has 106 valence electrons. The van der Waals surface area contributed by atoms with Gasteiger partial charge in [-0.3, -0.25) is 0 Å². The number of anilines is 1. The van der Waals surface area contributed by atoms with E-state index in [4.69, 9.17) is 4.74 Å². The first-order chi connectivity index (χ1) is 9.15. The normalized spacial score (nSPS) is 23.4. The van der Waals surface area contributed by atoms with Crippen molar-refractivity contribution in [2.45, 2.75) is 44.9 Å². The highest BCUT2D eigenvalue weighted by Crippen LogP contribution is 2.28. The molecule has 1 aromatic carbocycles. The van der Waals surface area contributed by atoms with Gasteiger partial charge in [0.1, 0.15) is 5.75 Å². The monoisotopic (exact) mass is 279 g/mol. The Kier molecular flexibility index (Phi) is 5.44. The van der Waals surface area contributed by atoms with Crippen LogP contribution in [0.15, 0.2) is 24.3 Å². The molecule has 0 aliphatic carbocycles. The number of thioether (sulfide) groups is 1. The minimum atomic E-state index is 0.561. The largest absolute Gasteiger partial charge is 0.493 e. The number of hydrogen-bond donors (Lipinski definition) is 1. The van der Waals surface area contributed by atoms with Crippen molar-refractivity contribution in [3.8, 4) is 5.75 Å². The van der Waals surface area contributed by atoms with Crippen LogP contribution in [0.25, 0.3) is 0 Å². The molecule has 0 radical (unpaired) electrons. The topological polar surface area (TPSA) is 21.3 Å². The van der Waals surface area contributed by atoms with Crippen LogP contribution in [-0.4, -0.2) is 23.7 Å².